The molecule has 6 nitrogen and oxygen atoms in total. The largest absolute Gasteiger partial charge is 0.333 e. The molecule has 0 bridgehead atoms. The van der Waals surface area contributed by atoms with Crippen molar-refractivity contribution in [3.05, 3.63) is 33.0 Å². The van der Waals surface area contributed by atoms with Gasteiger partial charge in [-0.15, -0.1) is 11.3 Å². The number of nitrogens with zero attached hydrogens (tertiary/aromatic N) is 3. The van der Waals surface area contributed by atoms with Crippen LogP contribution < -0.4 is 10.6 Å². The third-order valence-corrected chi connectivity index (χ3v) is 5.74. The van der Waals surface area contributed by atoms with Crippen molar-refractivity contribution in [1.29, 1.82) is 0 Å². The zero-order valence-corrected chi connectivity index (χ0v) is 14.1. The molecule has 2 N–H and O–H groups in total. The van der Waals surface area contributed by atoms with E-state index >= 15 is 0 Å². The number of rotatable bonds is 3. The molecule has 1 unspecified atom stereocenters. The third-order valence-electron chi connectivity index (χ3n) is 4.51. The van der Waals surface area contributed by atoms with Crippen LogP contribution in [0.2, 0.25) is 0 Å². The number of hydrogen-bond acceptors (Lipinski definition) is 4. The van der Waals surface area contributed by atoms with E-state index in [2.05, 4.69) is 26.8 Å². The van der Waals surface area contributed by atoms with Crippen LogP contribution in [0.4, 0.5) is 4.79 Å². The summed E-state index contributed by atoms with van der Waals surface area (Å²) in [7, 11) is 0. The lowest BCUT2D eigenvalue weighted by molar-refractivity contribution is 0.232. The normalized spacial score (nSPS) is 19.3. The molecule has 1 aliphatic heterocycles. The van der Waals surface area contributed by atoms with Gasteiger partial charge in [-0.25, -0.2) is 14.5 Å². The summed E-state index contributed by atoms with van der Waals surface area (Å²) in [5, 5.41) is 10.4. The van der Waals surface area contributed by atoms with Crippen molar-refractivity contribution in [2.24, 2.45) is 0 Å². The Morgan fingerprint density at radius 2 is 2.35 bits per heavy atom. The first-order chi connectivity index (χ1) is 11.2. The highest BCUT2D eigenvalue weighted by atomic mass is 32.1. The van der Waals surface area contributed by atoms with E-state index in [0.29, 0.717) is 6.54 Å². The van der Waals surface area contributed by atoms with Gasteiger partial charge in [0.15, 0.2) is 0 Å². The van der Waals surface area contributed by atoms with E-state index in [4.69, 9.17) is 0 Å². The van der Waals surface area contributed by atoms with Crippen LogP contribution in [0.25, 0.3) is 0 Å². The highest BCUT2D eigenvalue weighted by molar-refractivity contribution is 7.12. The monoisotopic (exact) mass is 331 g/mol. The minimum Gasteiger partial charge on any atom is -0.333 e. The smallest absolute Gasteiger partial charge is 0.315 e. The average Bonchev–Trinajstić information content (AvgIpc) is 3.18. The quantitative estimate of drug-likeness (QED) is 0.907. The zero-order chi connectivity index (χ0) is 15.8. The minimum absolute atomic E-state index is 0.0432. The lowest BCUT2D eigenvalue weighted by atomic mass is 10.1. The molecule has 0 spiro atoms. The highest BCUT2D eigenvalue weighted by Gasteiger charge is 2.25. The van der Waals surface area contributed by atoms with Crippen molar-refractivity contribution in [3.63, 3.8) is 0 Å². The first-order valence-electron chi connectivity index (χ1n) is 8.25. The topological polar surface area (TPSA) is 71.8 Å². The predicted molar refractivity (Wildman–Crippen MR) is 88.4 cm³/mol. The Kier molecular flexibility index (Phi) is 3.80. The number of fused-ring (bicyclic) bond motifs is 2. The fourth-order valence-electron chi connectivity index (χ4n) is 3.46. The van der Waals surface area contributed by atoms with E-state index in [9.17, 15) is 4.79 Å². The van der Waals surface area contributed by atoms with Crippen LogP contribution in [0, 0.1) is 6.92 Å². The van der Waals surface area contributed by atoms with Gasteiger partial charge in [-0.3, -0.25) is 0 Å². The van der Waals surface area contributed by atoms with Gasteiger partial charge in [-0.05, 0) is 50.7 Å². The Morgan fingerprint density at radius 3 is 3.22 bits per heavy atom. The molecule has 2 aliphatic rings. The van der Waals surface area contributed by atoms with Gasteiger partial charge < -0.3 is 10.6 Å². The predicted octanol–water partition coefficient (Wildman–Crippen LogP) is 2.47. The van der Waals surface area contributed by atoms with Gasteiger partial charge in [0.05, 0.1) is 12.6 Å². The Hall–Kier alpha value is -1.89. The van der Waals surface area contributed by atoms with Gasteiger partial charge in [0.1, 0.15) is 11.6 Å². The second-order valence-corrected chi connectivity index (χ2v) is 7.50. The number of carbonyl (C=O) groups is 1. The lowest BCUT2D eigenvalue weighted by Crippen LogP contribution is -2.39. The molecule has 2 amide bonds. The van der Waals surface area contributed by atoms with E-state index in [1.54, 1.807) is 0 Å². The Labute approximate surface area is 139 Å². The summed E-state index contributed by atoms with van der Waals surface area (Å²) in [5.41, 5.74) is 1.48. The summed E-state index contributed by atoms with van der Waals surface area (Å²) >= 11 is 1.83. The van der Waals surface area contributed by atoms with Gasteiger partial charge in [-0.1, -0.05) is 0 Å². The first kappa shape index (κ1) is 14.7. The van der Waals surface area contributed by atoms with Crippen LogP contribution in [0.5, 0.6) is 0 Å². The summed E-state index contributed by atoms with van der Waals surface area (Å²) in [6, 6.07) is 2.07. The van der Waals surface area contributed by atoms with Crippen LogP contribution in [-0.2, 0) is 25.9 Å². The number of urea groups is 1. The minimum atomic E-state index is -0.127. The standard InChI is InChI=1S/C16H21N5OS/c1-10-18-15-13(5-3-7-21(15)20-10)19-16(22)17-9-12-8-11-4-2-6-14(11)23-12/h8,13H,2-7,9H2,1H3,(H2,17,19,22). The maximum absolute atomic E-state index is 12.2. The summed E-state index contributed by atoms with van der Waals surface area (Å²) in [6.07, 6.45) is 5.59. The molecule has 3 heterocycles. The molecule has 0 aromatic carbocycles. The van der Waals surface area contributed by atoms with Crippen LogP contribution in [0.3, 0.4) is 0 Å². The fourth-order valence-corrected chi connectivity index (χ4v) is 4.66. The van der Waals surface area contributed by atoms with Crippen LogP contribution in [-0.4, -0.2) is 20.8 Å². The lowest BCUT2D eigenvalue weighted by Gasteiger charge is -2.23. The average molecular weight is 331 g/mol. The van der Waals surface area contributed by atoms with Gasteiger partial charge in [-0.2, -0.15) is 5.10 Å². The second kappa shape index (κ2) is 5.96. The molecule has 1 aliphatic carbocycles. The summed E-state index contributed by atoms with van der Waals surface area (Å²) in [4.78, 5) is 19.4. The van der Waals surface area contributed by atoms with E-state index in [-0.39, 0.29) is 12.1 Å². The molecule has 7 heteroatoms. The number of carbonyl (C=O) groups excluding carboxylic acids is 1. The molecular formula is C16H21N5OS. The Morgan fingerprint density at radius 1 is 1.43 bits per heavy atom. The summed E-state index contributed by atoms with van der Waals surface area (Å²) in [6.45, 7) is 3.37. The maximum Gasteiger partial charge on any atom is 0.315 e. The summed E-state index contributed by atoms with van der Waals surface area (Å²) < 4.78 is 1.91. The Balaban J connectivity index is 1.35. The molecule has 2 aromatic rings. The van der Waals surface area contributed by atoms with Crippen molar-refractivity contribution >= 4 is 17.4 Å². The molecule has 2 aromatic heterocycles. The molecule has 1 atom stereocenters. The van der Waals surface area contributed by atoms with Crippen molar-refractivity contribution in [1.82, 2.24) is 25.4 Å². The first-order valence-corrected chi connectivity index (χ1v) is 9.07. The molecule has 122 valence electrons. The SMILES string of the molecule is Cc1nc2n(n1)CCCC2NC(=O)NCc1cc2c(s1)CCC2. The molecule has 0 saturated carbocycles. The molecule has 0 saturated heterocycles. The number of hydrogen-bond donors (Lipinski definition) is 2. The van der Waals surface area contributed by atoms with Gasteiger partial charge in [0.25, 0.3) is 0 Å². The van der Waals surface area contributed by atoms with E-state index in [0.717, 1.165) is 31.0 Å². The third kappa shape index (κ3) is 2.97. The summed E-state index contributed by atoms with van der Waals surface area (Å²) in [5.74, 6) is 1.64. The van der Waals surface area contributed by atoms with Crippen molar-refractivity contribution in [3.8, 4) is 0 Å². The number of aryl methyl sites for hydroxylation is 4. The van der Waals surface area contributed by atoms with E-state index < -0.39 is 0 Å². The fraction of sp³-hybridized carbons (Fsp3) is 0.562. The number of nitrogens with one attached hydrogen (secondary N) is 2. The second-order valence-electron chi connectivity index (χ2n) is 6.28. The molecule has 23 heavy (non-hydrogen) atoms. The van der Waals surface area contributed by atoms with Crippen LogP contribution in [0.1, 0.15) is 52.3 Å². The molecule has 0 fully saturated rings. The van der Waals surface area contributed by atoms with Crippen molar-refractivity contribution in [2.75, 3.05) is 0 Å². The van der Waals surface area contributed by atoms with Crippen molar-refractivity contribution < 1.29 is 4.79 Å². The van der Waals surface area contributed by atoms with Gasteiger partial charge in [0, 0.05) is 16.3 Å². The maximum atomic E-state index is 12.2. The van der Waals surface area contributed by atoms with Gasteiger partial charge in [0.2, 0.25) is 0 Å². The van der Waals surface area contributed by atoms with Crippen molar-refractivity contribution in [2.45, 2.75) is 58.2 Å². The molecule has 4 rings (SSSR count). The van der Waals surface area contributed by atoms with Crippen LogP contribution >= 0.6 is 11.3 Å². The number of aromatic nitrogens is 3. The zero-order valence-electron chi connectivity index (χ0n) is 13.3. The van der Waals surface area contributed by atoms with E-state index in [1.165, 1.54) is 34.6 Å². The molecule has 0 radical (unpaired) electrons. The molecular weight excluding hydrogens is 310 g/mol. The highest BCUT2D eigenvalue weighted by Crippen LogP contribution is 2.30. The Bertz CT molecular complexity index is 713. The van der Waals surface area contributed by atoms with Gasteiger partial charge >= 0.3 is 6.03 Å². The number of amides is 2. The van der Waals surface area contributed by atoms with Crippen LogP contribution in [0.15, 0.2) is 6.07 Å². The van der Waals surface area contributed by atoms with E-state index in [1.807, 2.05) is 22.9 Å². The number of thiophene rings is 1.